The Balaban J connectivity index is 0.785. The fourth-order valence-corrected chi connectivity index (χ4v) is 10.7. The van der Waals surface area contributed by atoms with Crippen molar-refractivity contribution >= 4 is 34.9 Å². The summed E-state index contributed by atoms with van der Waals surface area (Å²) in [4.78, 5) is 50.7. The molecule has 2 saturated heterocycles. The highest BCUT2D eigenvalue weighted by atomic mass is 32.1. The molecule has 9 rings (SSSR count). The highest BCUT2D eigenvalue weighted by molar-refractivity contribution is 7.13. The van der Waals surface area contributed by atoms with Crippen LogP contribution in [0.1, 0.15) is 99.0 Å². The van der Waals surface area contributed by atoms with Crippen LogP contribution in [-0.4, -0.2) is 95.4 Å². The number of para-hydroxylation sites is 1. The van der Waals surface area contributed by atoms with E-state index < -0.39 is 18.1 Å². The third kappa shape index (κ3) is 7.89. The van der Waals surface area contributed by atoms with Crippen molar-refractivity contribution < 1.29 is 29.1 Å². The van der Waals surface area contributed by atoms with Gasteiger partial charge in [-0.3, -0.25) is 14.4 Å². The van der Waals surface area contributed by atoms with Crippen molar-refractivity contribution in [3.8, 4) is 27.4 Å². The van der Waals surface area contributed by atoms with Gasteiger partial charge in [-0.2, -0.15) is 0 Å². The van der Waals surface area contributed by atoms with Crippen molar-refractivity contribution in [2.75, 3.05) is 25.0 Å². The van der Waals surface area contributed by atoms with Crippen LogP contribution in [0.5, 0.6) is 5.75 Å². The first-order valence-corrected chi connectivity index (χ1v) is 22.2. The number of carbonyl (C=O) groups excluding carboxylic acids is 3. The third-order valence-electron chi connectivity index (χ3n) is 13.2. The number of likely N-dealkylation sites (tertiary alicyclic amines) is 2. The minimum Gasteiger partial charge on any atom is -0.507 e. The molecule has 1 spiro atoms. The summed E-state index contributed by atoms with van der Waals surface area (Å²) in [6.07, 6.45) is 3.01. The normalized spacial score (nSPS) is 23.4. The number of phenolic OH excluding ortho intramolecular Hbond substituents is 1. The molecule has 318 valence electrons. The minimum atomic E-state index is -0.823. The van der Waals surface area contributed by atoms with Crippen LogP contribution in [0.25, 0.3) is 21.7 Å². The second-order valence-corrected chi connectivity index (χ2v) is 18.7. The lowest BCUT2D eigenvalue weighted by Gasteiger charge is -2.46. The van der Waals surface area contributed by atoms with Gasteiger partial charge in [-0.05, 0) is 81.2 Å². The first kappa shape index (κ1) is 40.7. The number of aliphatic hydroxyl groups is 1. The maximum atomic E-state index is 14.3. The average molecular weight is 845 g/mol. The Morgan fingerprint density at radius 2 is 1.77 bits per heavy atom. The van der Waals surface area contributed by atoms with E-state index in [1.54, 1.807) is 23.5 Å². The number of carbonyl (C=O) groups is 3. The summed E-state index contributed by atoms with van der Waals surface area (Å²) in [6.45, 7) is 9.07. The van der Waals surface area contributed by atoms with Crippen LogP contribution in [0, 0.1) is 18.8 Å². The molecule has 4 aliphatic rings. The predicted molar refractivity (Wildman–Crippen MR) is 230 cm³/mol. The Morgan fingerprint density at radius 1 is 1.02 bits per heavy atom. The molecular formula is C46H52N8O6S. The Labute approximate surface area is 358 Å². The Hall–Kier alpha value is -5.67. The zero-order valence-electron chi connectivity index (χ0n) is 34.9. The molecule has 3 aliphatic heterocycles. The molecule has 3 amide bonds. The number of fused-ring (bicyclic) bond motifs is 1. The van der Waals surface area contributed by atoms with E-state index in [4.69, 9.17) is 4.52 Å². The monoisotopic (exact) mass is 844 g/mol. The second kappa shape index (κ2) is 16.3. The lowest BCUT2D eigenvalue weighted by molar-refractivity contribution is -0.141. The van der Waals surface area contributed by atoms with Crippen molar-refractivity contribution in [3.63, 3.8) is 0 Å². The summed E-state index contributed by atoms with van der Waals surface area (Å²) in [6, 6.07) is 17.9. The number of piperidine rings is 1. The number of hydrogen-bond acceptors (Lipinski definition) is 12. The molecule has 0 bridgehead atoms. The van der Waals surface area contributed by atoms with E-state index in [9.17, 15) is 24.6 Å². The van der Waals surface area contributed by atoms with Gasteiger partial charge in [-0.1, -0.05) is 55.4 Å². The van der Waals surface area contributed by atoms with Gasteiger partial charge in [0.05, 0.1) is 39.6 Å². The van der Waals surface area contributed by atoms with Crippen molar-refractivity contribution in [2.24, 2.45) is 11.8 Å². The number of phenols is 1. The van der Waals surface area contributed by atoms with Gasteiger partial charge < -0.3 is 35.2 Å². The number of nitrogens with zero attached hydrogens (tertiary/aromatic N) is 6. The fourth-order valence-electron chi connectivity index (χ4n) is 9.87. The largest absolute Gasteiger partial charge is 0.507 e. The average Bonchev–Trinajstić information content (AvgIpc) is 4.06. The zero-order chi connectivity index (χ0) is 42.6. The van der Waals surface area contributed by atoms with Gasteiger partial charge in [0, 0.05) is 60.6 Å². The molecule has 4 N–H and O–H groups in total. The van der Waals surface area contributed by atoms with Gasteiger partial charge in [-0.15, -0.1) is 21.5 Å². The molecule has 1 saturated carbocycles. The highest BCUT2D eigenvalue weighted by Gasteiger charge is 2.52. The Morgan fingerprint density at radius 3 is 2.48 bits per heavy atom. The number of benzene rings is 2. The number of amides is 3. The topological polar surface area (TPSA) is 187 Å². The van der Waals surface area contributed by atoms with E-state index >= 15 is 0 Å². The summed E-state index contributed by atoms with van der Waals surface area (Å²) in [5.74, 6) is 0.116. The summed E-state index contributed by atoms with van der Waals surface area (Å²) in [5, 5.41) is 40.9. The van der Waals surface area contributed by atoms with Crippen LogP contribution in [-0.2, 0) is 20.8 Å². The molecular weight excluding hydrogens is 793 g/mol. The van der Waals surface area contributed by atoms with E-state index in [1.165, 1.54) is 4.90 Å². The third-order valence-corrected chi connectivity index (χ3v) is 14.2. The molecule has 14 nitrogen and oxygen atoms in total. The maximum Gasteiger partial charge on any atom is 0.243 e. The molecule has 3 aromatic heterocycles. The maximum absolute atomic E-state index is 14.3. The van der Waals surface area contributed by atoms with Crippen molar-refractivity contribution in [2.45, 2.75) is 102 Å². The number of aromatic nitrogens is 4. The molecule has 3 fully saturated rings. The van der Waals surface area contributed by atoms with E-state index in [2.05, 4.69) is 31.0 Å². The van der Waals surface area contributed by atoms with E-state index in [1.807, 2.05) is 86.6 Å². The quantitative estimate of drug-likeness (QED) is 0.122. The van der Waals surface area contributed by atoms with Gasteiger partial charge >= 0.3 is 0 Å². The Bertz CT molecular complexity index is 2440. The number of aromatic hydroxyl groups is 1. The number of nitrogens with one attached hydrogen (secondary N) is 2. The molecule has 0 radical (unpaired) electrons. The van der Waals surface area contributed by atoms with Crippen molar-refractivity contribution in [1.82, 2.24) is 35.5 Å². The highest BCUT2D eigenvalue weighted by Crippen LogP contribution is 2.49. The van der Waals surface area contributed by atoms with Crippen LogP contribution < -0.4 is 10.6 Å². The molecule has 15 heteroatoms. The number of aryl methyl sites for hydroxylation is 1. The lowest BCUT2D eigenvalue weighted by Crippen LogP contribution is -2.55. The predicted octanol–water partition coefficient (Wildman–Crippen LogP) is 6.37. The standard InChI is InChI=1S/C46H52N8O6S/c1-25(2)40(45(59)54-23-33(55)18-37(54)43(57)48-26(3)28-9-11-30(12-10-28)41-27(4)47-24-61-41)39-19-35(52-60-39)29-13-15-53(16-14-29)44(58)32-21-46(22-32)20-31-17-36(50-51-42(31)49-46)34-7-5-6-8-38(34)56/h5-12,17,19,24-26,29,32-33,37,40,55-56H,13-16,18,20-23H2,1-4H3,(H,48,57)(H,49,51)/t26-,32?,33+,37-,40?,46?/m0/s1. The SMILES string of the molecule is Cc1ncsc1-c1ccc([C@H](C)NC(=O)[C@@H]2C[C@@H](O)CN2C(=O)C(c2cc(C3CCN(C(=O)C4CC5(Cc6cc(-c7ccccc7O)nnc6N5)C4)CC3)no2)C(C)C)cc1. The lowest BCUT2D eigenvalue weighted by atomic mass is 9.66. The second-order valence-electron chi connectivity index (χ2n) is 17.8. The molecule has 1 unspecified atom stereocenters. The van der Waals surface area contributed by atoms with E-state index in [0.717, 1.165) is 70.9 Å². The molecule has 5 aromatic rings. The van der Waals surface area contributed by atoms with Gasteiger partial charge in [0.1, 0.15) is 23.5 Å². The molecule has 6 heterocycles. The fraction of sp³-hybridized carbons (Fsp3) is 0.457. The van der Waals surface area contributed by atoms with E-state index in [0.29, 0.717) is 30.1 Å². The molecule has 4 atom stereocenters. The van der Waals surface area contributed by atoms with Crippen LogP contribution in [0.3, 0.4) is 0 Å². The Kier molecular flexibility index (Phi) is 10.9. The van der Waals surface area contributed by atoms with Crippen molar-refractivity contribution in [3.05, 3.63) is 94.4 Å². The van der Waals surface area contributed by atoms with Crippen LogP contribution in [0.4, 0.5) is 5.82 Å². The number of anilines is 1. The van der Waals surface area contributed by atoms with E-state index in [-0.39, 0.29) is 65.8 Å². The summed E-state index contributed by atoms with van der Waals surface area (Å²) >= 11 is 1.59. The van der Waals surface area contributed by atoms with Gasteiger partial charge in [0.2, 0.25) is 17.7 Å². The van der Waals surface area contributed by atoms with Crippen molar-refractivity contribution in [1.29, 1.82) is 0 Å². The van der Waals surface area contributed by atoms with Gasteiger partial charge in [0.15, 0.2) is 5.82 Å². The first-order chi connectivity index (χ1) is 29.4. The first-order valence-electron chi connectivity index (χ1n) is 21.3. The van der Waals surface area contributed by atoms with Gasteiger partial charge in [0.25, 0.3) is 0 Å². The number of aliphatic hydroxyl groups excluding tert-OH is 1. The zero-order valence-corrected chi connectivity index (χ0v) is 35.7. The minimum absolute atomic E-state index is 0.0602. The smallest absolute Gasteiger partial charge is 0.243 e. The van der Waals surface area contributed by atoms with Gasteiger partial charge in [-0.25, -0.2) is 4.98 Å². The molecule has 2 aromatic carbocycles. The summed E-state index contributed by atoms with van der Waals surface area (Å²) < 4.78 is 5.90. The molecule has 1 aliphatic carbocycles. The van der Waals surface area contributed by atoms with Crippen LogP contribution >= 0.6 is 11.3 Å². The number of rotatable bonds is 10. The van der Waals surface area contributed by atoms with Crippen LogP contribution in [0.15, 0.2) is 70.7 Å². The summed E-state index contributed by atoms with van der Waals surface area (Å²) in [7, 11) is 0. The molecule has 61 heavy (non-hydrogen) atoms. The number of β-amino-alcohol motifs (C(OH)–C–C–N with tert-alkyl or cyclic N) is 1. The van der Waals surface area contributed by atoms with Crippen LogP contribution in [0.2, 0.25) is 0 Å². The number of thiazole rings is 1. The summed E-state index contributed by atoms with van der Waals surface area (Å²) in [5.41, 5.74) is 7.68. The number of hydrogen-bond donors (Lipinski definition) is 4.